The molecule has 0 bridgehead atoms. The molecule has 0 aliphatic rings. The van der Waals surface area contributed by atoms with Crippen LogP contribution in [0.25, 0.3) is 0 Å². The lowest BCUT2D eigenvalue weighted by molar-refractivity contribution is 0.920. The Hall–Kier alpha value is -1.60. The summed E-state index contributed by atoms with van der Waals surface area (Å²) in [6.45, 7) is 0.515. The lowest BCUT2D eigenvalue weighted by Gasteiger charge is -1.99. The van der Waals surface area contributed by atoms with E-state index in [9.17, 15) is 0 Å². The highest BCUT2D eigenvalue weighted by Gasteiger charge is 1.98. The van der Waals surface area contributed by atoms with E-state index in [4.69, 9.17) is 16.7 Å². The van der Waals surface area contributed by atoms with E-state index in [0.717, 1.165) is 5.69 Å². The molecule has 0 fully saturated rings. The van der Waals surface area contributed by atoms with Crippen LogP contribution in [0.15, 0.2) is 12.1 Å². The average Bonchev–Trinajstić information content (AvgIpc) is 2.04. The highest BCUT2D eigenvalue weighted by Crippen LogP contribution is 2.06. The van der Waals surface area contributed by atoms with Crippen molar-refractivity contribution in [2.24, 2.45) is 5.73 Å². The summed E-state index contributed by atoms with van der Waals surface area (Å²) in [4.78, 5) is 4.02. The van der Waals surface area contributed by atoms with Crippen molar-refractivity contribution < 1.29 is 0 Å². The number of nitrogen functional groups attached to an aromatic ring is 1. The van der Waals surface area contributed by atoms with Crippen LogP contribution >= 0.6 is 0 Å². The minimum absolute atomic E-state index is 0.346. The van der Waals surface area contributed by atoms with Gasteiger partial charge in [-0.2, -0.15) is 5.26 Å². The monoisotopic (exact) mass is 162 g/mol. The molecule has 12 heavy (non-hydrogen) atoms. The summed E-state index contributed by atoms with van der Waals surface area (Å²) in [6.07, 6.45) is 0.652. The Kier molecular flexibility index (Phi) is 2.62. The first kappa shape index (κ1) is 8.50. The van der Waals surface area contributed by atoms with Gasteiger partial charge in [0.05, 0.1) is 0 Å². The van der Waals surface area contributed by atoms with Crippen LogP contribution in [0.3, 0.4) is 0 Å². The summed E-state index contributed by atoms with van der Waals surface area (Å²) in [7, 11) is 0. The van der Waals surface area contributed by atoms with E-state index in [-0.39, 0.29) is 0 Å². The Morgan fingerprint density at radius 2 is 2.25 bits per heavy atom. The van der Waals surface area contributed by atoms with E-state index in [0.29, 0.717) is 24.3 Å². The fourth-order valence-electron chi connectivity index (χ4n) is 0.944. The van der Waals surface area contributed by atoms with E-state index in [1.165, 1.54) is 0 Å². The van der Waals surface area contributed by atoms with Crippen molar-refractivity contribution in [1.82, 2.24) is 4.98 Å². The maximum atomic E-state index is 8.56. The topological polar surface area (TPSA) is 88.7 Å². The standard InChI is InChI=1S/C8H10N4/c9-2-1-7-3-6(11)4-8(5-10)12-7/h3-4H,1-2,9H2,(H2,11,12). The molecule has 0 spiro atoms. The molecule has 62 valence electrons. The number of pyridine rings is 1. The first-order chi connectivity index (χ1) is 5.76. The molecule has 0 aromatic carbocycles. The molecule has 0 unspecified atom stereocenters. The van der Waals surface area contributed by atoms with Gasteiger partial charge in [-0.15, -0.1) is 0 Å². The Balaban J connectivity index is 3.00. The molecular formula is C8H10N4. The van der Waals surface area contributed by atoms with Crippen molar-refractivity contribution in [3.63, 3.8) is 0 Å². The van der Waals surface area contributed by atoms with Gasteiger partial charge in [0, 0.05) is 17.8 Å². The highest BCUT2D eigenvalue weighted by atomic mass is 14.7. The Labute approximate surface area is 70.8 Å². The molecule has 1 rings (SSSR count). The van der Waals surface area contributed by atoms with Gasteiger partial charge in [-0.3, -0.25) is 0 Å². The quantitative estimate of drug-likeness (QED) is 0.642. The number of aromatic nitrogens is 1. The number of nitrogens with zero attached hydrogens (tertiary/aromatic N) is 2. The van der Waals surface area contributed by atoms with Gasteiger partial charge in [-0.05, 0) is 18.7 Å². The molecule has 0 saturated heterocycles. The van der Waals surface area contributed by atoms with Crippen molar-refractivity contribution in [1.29, 1.82) is 5.26 Å². The maximum absolute atomic E-state index is 8.56. The average molecular weight is 162 g/mol. The molecule has 1 heterocycles. The lowest BCUT2D eigenvalue weighted by Crippen LogP contribution is -2.05. The van der Waals surface area contributed by atoms with Crippen molar-refractivity contribution in [2.45, 2.75) is 6.42 Å². The number of nitrogens with two attached hydrogens (primary N) is 2. The molecule has 1 aromatic heterocycles. The summed E-state index contributed by atoms with van der Waals surface area (Å²) in [5.41, 5.74) is 12.5. The molecule has 0 saturated carbocycles. The van der Waals surface area contributed by atoms with Crippen LogP contribution < -0.4 is 11.5 Å². The van der Waals surface area contributed by atoms with Gasteiger partial charge in [0.15, 0.2) is 0 Å². The molecular weight excluding hydrogens is 152 g/mol. The van der Waals surface area contributed by atoms with Gasteiger partial charge >= 0.3 is 0 Å². The van der Waals surface area contributed by atoms with E-state index in [2.05, 4.69) is 4.98 Å². The predicted octanol–water partition coefficient (Wildman–Crippen LogP) is 0.0367. The van der Waals surface area contributed by atoms with Crippen LogP contribution in [-0.2, 0) is 6.42 Å². The third kappa shape index (κ3) is 1.94. The summed E-state index contributed by atoms with van der Waals surface area (Å²) < 4.78 is 0. The van der Waals surface area contributed by atoms with Crippen molar-refractivity contribution in [3.05, 3.63) is 23.5 Å². The summed E-state index contributed by atoms with van der Waals surface area (Å²) in [5, 5.41) is 8.56. The molecule has 4 heteroatoms. The normalized spacial score (nSPS) is 9.33. The van der Waals surface area contributed by atoms with Crippen LogP contribution in [-0.4, -0.2) is 11.5 Å². The zero-order chi connectivity index (χ0) is 8.97. The molecule has 1 aromatic rings. The Bertz CT molecular complexity index is 313. The summed E-state index contributed by atoms with van der Waals surface area (Å²) in [5.74, 6) is 0. The van der Waals surface area contributed by atoms with E-state index in [1.807, 2.05) is 6.07 Å². The molecule has 0 atom stereocenters. The minimum Gasteiger partial charge on any atom is -0.399 e. The van der Waals surface area contributed by atoms with Crippen LogP contribution in [0.1, 0.15) is 11.4 Å². The number of anilines is 1. The Morgan fingerprint density at radius 3 is 2.83 bits per heavy atom. The minimum atomic E-state index is 0.346. The van der Waals surface area contributed by atoms with Crippen LogP contribution in [0, 0.1) is 11.3 Å². The SMILES string of the molecule is N#Cc1cc(N)cc(CCN)n1. The van der Waals surface area contributed by atoms with Crippen molar-refractivity contribution in [2.75, 3.05) is 12.3 Å². The molecule has 0 amide bonds. The van der Waals surface area contributed by atoms with E-state index in [1.54, 1.807) is 12.1 Å². The van der Waals surface area contributed by atoms with Crippen molar-refractivity contribution >= 4 is 5.69 Å². The van der Waals surface area contributed by atoms with Gasteiger partial charge in [0.25, 0.3) is 0 Å². The third-order valence-electron chi connectivity index (χ3n) is 1.42. The number of rotatable bonds is 2. The molecule has 4 nitrogen and oxygen atoms in total. The number of nitriles is 1. The highest BCUT2D eigenvalue weighted by molar-refractivity contribution is 5.43. The molecule has 0 aliphatic carbocycles. The van der Waals surface area contributed by atoms with Gasteiger partial charge < -0.3 is 11.5 Å². The smallest absolute Gasteiger partial charge is 0.142 e. The Morgan fingerprint density at radius 1 is 1.50 bits per heavy atom. The fraction of sp³-hybridized carbons (Fsp3) is 0.250. The largest absolute Gasteiger partial charge is 0.399 e. The van der Waals surface area contributed by atoms with Crippen LogP contribution in [0.2, 0.25) is 0 Å². The summed E-state index contributed by atoms with van der Waals surface area (Å²) >= 11 is 0. The van der Waals surface area contributed by atoms with E-state index < -0.39 is 0 Å². The second-order valence-electron chi connectivity index (χ2n) is 2.43. The first-order valence-corrected chi connectivity index (χ1v) is 3.63. The second kappa shape index (κ2) is 3.69. The van der Waals surface area contributed by atoms with Crippen molar-refractivity contribution in [3.8, 4) is 6.07 Å². The van der Waals surface area contributed by atoms with Gasteiger partial charge in [0.2, 0.25) is 0 Å². The second-order valence-corrected chi connectivity index (χ2v) is 2.43. The summed E-state index contributed by atoms with van der Waals surface area (Å²) in [6, 6.07) is 5.21. The number of hydrogen-bond acceptors (Lipinski definition) is 4. The molecule has 0 radical (unpaired) electrons. The number of hydrogen-bond donors (Lipinski definition) is 2. The zero-order valence-corrected chi connectivity index (χ0v) is 6.62. The predicted molar refractivity (Wildman–Crippen MR) is 46.1 cm³/mol. The van der Waals surface area contributed by atoms with Gasteiger partial charge in [0.1, 0.15) is 11.8 Å². The zero-order valence-electron chi connectivity index (χ0n) is 6.62. The maximum Gasteiger partial charge on any atom is 0.142 e. The molecule has 0 aliphatic heterocycles. The van der Waals surface area contributed by atoms with Gasteiger partial charge in [-0.25, -0.2) is 4.98 Å². The van der Waals surface area contributed by atoms with Crippen LogP contribution in [0.4, 0.5) is 5.69 Å². The lowest BCUT2D eigenvalue weighted by atomic mass is 10.2. The third-order valence-corrected chi connectivity index (χ3v) is 1.42. The van der Waals surface area contributed by atoms with E-state index >= 15 is 0 Å². The first-order valence-electron chi connectivity index (χ1n) is 3.63. The van der Waals surface area contributed by atoms with Crippen LogP contribution in [0.5, 0.6) is 0 Å². The fourth-order valence-corrected chi connectivity index (χ4v) is 0.944. The molecule has 4 N–H and O–H groups in total. The van der Waals surface area contributed by atoms with Gasteiger partial charge in [-0.1, -0.05) is 0 Å².